The zero-order valence-corrected chi connectivity index (χ0v) is 23.8. The summed E-state index contributed by atoms with van der Waals surface area (Å²) in [4.78, 5) is 16.6. The molecule has 0 saturated heterocycles. The van der Waals surface area contributed by atoms with Crippen molar-refractivity contribution in [3.05, 3.63) is 60.0 Å². The molecule has 1 N–H and O–H groups in total. The number of alkyl halides is 2. The molecule has 0 bridgehead atoms. The van der Waals surface area contributed by atoms with Gasteiger partial charge in [-0.3, -0.25) is 9.97 Å². The van der Waals surface area contributed by atoms with Crippen LogP contribution in [0.4, 0.5) is 8.78 Å². The van der Waals surface area contributed by atoms with Crippen LogP contribution in [0.1, 0.15) is 37.9 Å². The Morgan fingerprint density at radius 2 is 1.84 bits per heavy atom. The largest absolute Gasteiger partial charge is 0.359 e. The summed E-state index contributed by atoms with van der Waals surface area (Å²) in [5, 5.41) is 0. The molecule has 1 aliphatic carbocycles. The first-order valence-corrected chi connectivity index (χ1v) is 14.7. The summed E-state index contributed by atoms with van der Waals surface area (Å²) in [6.07, 6.45) is 4.87. The summed E-state index contributed by atoms with van der Waals surface area (Å²) >= 11 is 0. The van der Waals surface area contributed by atoms with Crippen LogP contribution in [-0.4, -0.2) is 46.7 Å². The van der Waals surface area contributed by atoms with Crippen molar-refractivity contribution >= 4 is 36.2 Å². The highest BCUT2D eigenvalue weighted by Gasteiger charge is 2.54. The Kier molecular flexibility index (Phi) is 6.33. The van der Waals surface area contributed by atoms with Gasteiger partial charge in [0.2, 0.25) is 0 Å². The molecule has 37 heavy (non-hydrogen) atoms. The zero-order valence-electron chi connectivity index (χ0n) is 20.7. The van der Waals surface area contributed by atoms with Gasteiger partial charge in [0, 0.05) is 41.6 Å². The first-order valence-electron chi connectivity index (χ1n) is 11.9. The number of rotatable bonds is 7. The third-order valence-corrected chi connectivity index (χ3v) is 9.95. The van der Waals surface area contributed by atoms with Gasteiger partial charge in [0.05, 0.1) is 33.4 Å². The average molecular weight is 558 g/mol. The highest BCUT2D eigenvalue weighted by molar-refractivity contribution is 7.91. The van der Waals surface area contributed by atoms with Crippen LogP contribution in [0.3, 0.4) is 0 Å². The fraction of sp³-hybridized carbons (Fsp3) is 0.320. The molecule has 1 fully saturated rings. The molecule has 3 aliphatic rings. The Balaban J connectivity index is 1.62. The van der Waals surface area contributed by atoms with Gasteiger partial charge >= 0.3 is 0 Å². The summed E-state index contributed by atoms with van der Waals surface area (Å²) in [5.41, 5.74) is 3.20. The second kappa shape index (κ2) is 8.89. The third kappa shape index (κ3) is 4.73. The molecule has 0 spiro atoms. The van der Waals surface area contributed by atoms with Gasteiger partial charge in [-0.2, -0.15) is 0 Å². The van der Waals surface area contributed by atoms with E-state index in [-0.39, 0.29) is 32.1 Å². The van der Waals surface area contributed by atoms with Crippen LogP contribution in [0.15, 0.2) is 53.7 Å². The number of H-pyrrole nitrogens is 1. The summed E-state index contributed by atoms with van der Waals surface area (Å²) in [5.74, 6) is -3.16. The van der Waals surface area contributed by atoms with E-state index in [0.717, 1.165) is 25.5 Å². The van der Waals surface area contributed by atoms with Crippen LogP contribution in [0, 0.1) is 0 Å². The summed E-state index contributed by atoms with van der Waals surface area (Å²) in [6, 6.07) is 10.3. The molecule has 2 unspecified atom stereocenters. The number of hydrogen-bond acceptors (Lipinski definition) is 5. The molecule has 4 heterocycles. The van der Waals surface area contributed by atoms with Gasteiger partial charge in [-0.25, -0.2) is 22.2 Å². The van der Waals surface area contributed by atoms with E-state index in [0.29, 0.717) is 28.3 Å². The predicted molar refractivity (Wildman–Crippen MR) is 151 cm³/mol. The van der Waals surface area contributed by atoms with Gasteiger partial charge in [-0.05, 0) is 48.0 Å². The van der Waals surface area contributed by atoms with Crippen LogP contribution in [0.5, 0.6) is 0 Å². The molecule has 0 amide bonds. The van der Waals surface area contributed by atoms with Crippen molar-refractivity contribution in [1.29, 1.82) is 0 Å². The topological polar surface area (TPSA) is 88.6 Å². The zero-order chi connectivity index (χ0) is 26.8. The van der Waals surface area contributed by atoms with Gasteiger partial charge < -0.3 is 4.98 Å². The van der Waals surface area contributed by atoms with Crippen molar-refractivity contribution in [2.45, 2.75) is 47.7 Å². The lowest BCUT2D eigenvalue weighted by molar-refractivity contribution is 0.0171. The Morgan fingerprint density at radius 3 is 2.46 bits per heavy atom. The Labute approximate surface area is 220 Å². The minimum absolute atomic E-state index is 0.0339. The number of aromatic nitrogens is 4. The summed E-state index contributed by atoms with van der Waals surface area (Å²) in [6.45, 7) is 2.38. The molecule has 192 valence electrons. The van der Waals surface area contributed by atoms with E-state index in [2.05, 4.69) is 41.3 Å². The number of aromatic amines is 1. The van der Waals surface area contributed by atoms with Gasteiger partial charge in [-0.15, -0.1) is 18.5 Å². The van der Waals surface area contributed by atoms with E-state index < -0.39 is 15.8 Å². The number of sulfone groups is 1. The first-order chi connectivity index (χ1) is 17.2. The number of hydrogen-bond donors (Lipinski definition) is 1. The molecule has 6 nitrogen and oxygen atoms in total. The maximum Gasteiger partial charge on any atom is 0.271 e. The second-order valence-corrected chi connectivity index (χ2v) is 15.3. The highest BCUT2D eigenvalue weighted by atomic mass is 32.2. The minimum atomic E-state index is -3.69. The minimum Gasteiger partial charge on any atom is -0.359 e. The summed E-state index contributed by atoms with van der Waals surface area (Å²) in [7, 11) is 4.23. The Morgan fingerprint density at radius 1 is 1.11 bits per heavy atom. The smallest absolute Gasteiger partial charge is 0.271 e. The lowest BCUT2D eigenvalue weighted by atomic mass is 9.83. The van der Waals surface area contributed by atoms with Crippen molar-refractivity contribution in [3.8, 4) is 34.0 Å². The molecule has 12 heteroatoms. The van der Waals surface area contributed by atoms with Gasteiger partial charge in [0.25, 0.3) is 5.92 Å². The van der Waals surface area contributed by atoms with Crippen LogP contribution in [0.25, 0.3) is 34.0 Å². The lowest BCUT2D eigenvalue weighted by Gasteiger charge is -2.30. The SMILES string of the molecule is BC(P)(P)C1(c2cccc(-c3cnc(-c4cc5[nH]cc(C(C)(F)F)cc-5n4)c(S(=O)(=O)CC)c3)n2)CC1. The third-order valence-electron chi connectivity index (χ3n) is 7.11. The van der Waals surface area contributed by atoms with Crippen LogP contribution < -0.4 is 0 Å². The number of nitrogens with one attached hydrogen (secondary N) is 1. The molecule has 1 saturated carbocycles. The van der Waals surface area contributed by atoms with Crippen molar-refractivity contribution < 1.29 is 17.2 Å². The predicted octanol–water partition coefficient (Wildman–Crippen LogP) is 4.61. The molecular formula is C25H27BF2N4O2P2S. The molecule has 2 aromatic rings. The van der Waals surface area contributed by atoms with Crippen molar-refractivity contribution in [2.75, 3.05) is 5.75 Å². The molecule has 0 radical (unpaired) electrons. The van der Waals surface area contributed by atoms with Crippen LogP contribution >= 0.6 is 18.5 Å². The fourth-order valence-electron chi connectivity index (χ4n) is 4.61. The molecule has 2 aromatic heterocycles. The monoisotopic (exact) mass is 558 g/mol. The average Bonchev–Trinajstić information content (AvgIpc) is 3.57. The van der Waals surface area contributed by atoms with E-state index in [4.69, 9.17) is 4.98 Å². The lowest BCUT2D eigenvalue weighted by Crippen LogP contribution is -2.31. The van der Waals surface area contributed by atoms with Crippen molar-refractivity contribution in [1.82, 2.24) is 19.9 Å². The number of fused-ring (bicyclic) bond motifs is 1. The normalized spacial score (nSPS) is 15.7. The molecular weight excluding hydrogens is 531 g/mol. The van der Waals surface area contributed by atoms with Gasteiger partial charge in [0.1, 0.15) is 13.5 Å². The van der Waals surface area contributed by atoms with E-state index in [1.807, 2.05) is 18.2 Å². The second-order valence-electron chi connectivity index (χ2n) is 9.96. The van der Waals surface area contributed by atoms with E-state index >= 15 is 0 Å². The Bertz CT molecular complexity index is 1580. The Hall–Kier alpha value is -2.28. The number of halogens is 2. The first kappa shape index (κ1) is 26.3. The van der Waals surface area contributed by atoms with Crippen molar-refractivity contribution in [3.63, 3.8) is 0 Å². The van der Waals surface area contributed by atoms with Crippen LogP contribution in [-0.2, 0) is 21.2 Å². The maximum absolute atomic E-state index is 13.8. The highest BCUT2D eigenvalue weighted by Crippen LogP contribution is 2.60. The van der Waals surface area contributed by atoms with Crippen molar-refractivity contribution in [2.24, 2.45) is 0 Å². The maximum atomic E-state index is 13.8. The standard InChI is InChI=1S/C25H27BF2N4O2P2S/c1-3-37(33,34)20-9-14(16-5-4-6-21(32-16)24(7-8-24)25(26,35)36)12-30-22(20)19-11-17-18(31-19)10-15(13-29-17)23(2,27)28/h4-6,9-13,29H,3,7-8,26,35-36H2,1-2H3. The molecule has 2 atom stereocenters. The van der Waals surface area contributed by atoms with E-state index in [1.54, 1.807) is 25.3 Å². The van der Waals surface area contributed by atoms with E-state index in [1.165, 1.54) is 12.3 Å². The summed E-state index contributed by atoms with van der Waals surface area (Å²) < 4.78 is 53.9. The van der Waals surface area contributed by atoms with Gasteiger partial charge in [0.15, 0.2) is 9.84 Å². The van der Waals surface area contributed by atoms with Crippen LogP contribution in [0.2, 0.25) is 0 Å². The number of pyridine rings is 3. The molecule has 5 rings (SSSR count). The molecule has 2 aliphatic heterocycles. The number of nitrogens with zero attached hydrogens (tertiary/aromatic N) is 3. The van der Waals surface area contributed by atoms with Gasteiger partial charge in [-0.1, -0.05) is 13.0 Å². The fourth-order valence-corrected chi connectivity index (χ4v) is 6.55. The quantitative estimate of drug-likeness (QED) is 0.265. The van der Waals surface area contributed by atoms with E-state index in [9.17, 15) is 17.2 Å². The molecule has 0 aromatic carbocycles.